The molecule has 6 heteroatoms. The number of sulfone groups is 1. The Bertz CT molecular complexity index is 599. The van der Waals surface area contributed by atoms with E-state index in [4.69, 9.17) is 0 Å². The van der Waals surface area contributed by atoms with E-state index in [-0.39, 0.29) is 22.7 Å². The summed E-state index contributed by atoms with van der Waals surface area (Å²) < 4.78 is 22.7. The van der Waals surface area contributed by atoms with Crippen LogP contribution in [-0.4, -0.2) is 43.4 Å². The summed E-state index contributed by atoms with van der Waals surface area (Å²) in [7, 11) is -2.85. The Morgan fingerprint density at radius 1 is 1.43 bits per heavy atom. The summed E-state index contributed by atoms with van der Waals surface area (Å²) in [6, 6.07) is 8.23. The molecule has 0 bridgehead atoms. The SMILES string of the molecule is Cc1cccc(CCNC(=O)CS[C@@H]2CCS(=O)(=O)C2)c1. The summed E-state index contributed by atoms with van der Waals surface area (Å²) in [5.74, 6) is 0.805. The zero-order valence-corrected chi connectivity index (χ0v) is 13.8. The zero-order chi connectivity index (χ0) is 15.3. The van der Waals surface area contributed by atoms with Gasteiger partial charge < -0.3 is 5.32 Å². The number of rotatable bonds is 6. The second-order valence-corrected chi connectivity index (χ2v) is 8.94. The number of thioether (sulfide) groups is 1. The van der Waals surface area contributed by atoms with Gasteiger partial charge in [-0.05, 0) is 25.3 Å². The van der Waals surface area contributed by atoms with Gasteiger partial charge >= 0.3 is 0 Å². The number of benzene rings is 1. The van der Waals surface area contributed by atoms with E-state index >= 15 is 0 Å². The van der Waals surface area contributed by atoms with Gasteiger partial charge in [-0.2, -0.15) is 0 Å². The zero-order valence-electron chi connectivity index (χ0n) is 12.2. The summed E-state index contributed by atoms with van der Waals surface area (Å²) in [6.07, 6.45) is 1.49. The van der Waals surface area contributed by atoms with E-state index in [2.05, 4.69) is 17.4 Å². The topological polar surface area (TPSA) is 63.2 Å². The molecule has 1 amide bonds. The van der Waals surface area contributed by atoms with Crippen molar-refractivity contribution in [3.63, 3.8) is 0 Å². The van der Waals surface area contributed by atoms with Crippen LogP contribution in [0.5, 0.6) is 0 Å². The lowest BCUT2D eigenvalue weighted by Gasteiger charge is -2.08. The molecule has 1 aromatic rings. The van der Waals surface area contributed by atoms with E-state index in [0.717, 1.165) is 6.42 Å². The second kappa shape index (κ2) is 7.31. The van der Waals surface area contributed by atoms with Crippen molar-refractivity contribution in [1.82, 2.24) is 5.32 Å². The van der Waals surface area contributed by atoms with Gasteiger partial charge in [0.2, 0.25) is 5.91 Å². The monoisotopic (exact) mass is 327 g/mol. The smallest absolute Gasteiger partial charge is 0.230 e. The highest BCUT2D eigenvalue weighted by Gasteiger charge is 2.28. The Balaban J connectivity index is 1.64. The minimum absolute atomic E-state index is 0.0167. The van der Waals surface area contributed by atoms with E-state index in [1.54, 1.807) is 0 Å². The fourth-order valence-corrected chi connectivity index (χ4v) is 5.82. The lowest BCUT2D eigenvalue weighted by molar-refractivity contribution is -0.118. The van der Waals surface area contributed by atoms with Crippen molar-refractivity contribution in [2.75, 3.05) is 23.8 Å². The average Bonchev–Trinajstić information content (AvgIpc) is 2.76. The van der Waals surface area contributed by atoms with E-state index in [1.165, 1.54) is 22.9 Å². The third-order valence-corrected chi connectivity index (χ3v) is 6.74. The molecule has 1 saturated heterocycles. The third kappa shape index (κ3) is 5.71. The van der Waals surface area contributed by atoms with Crippen LogP contribution in [0.4, 0.5) is 0 Å². The van der Waals surface area contributed by atoms with Crippen molar-refractivity contribution in [3.8, 4) is 0 Å². The highest BCUT2D eigenvalue weighted by Crippen LogP contribution is 2.23. The average molecular weight is 327 g/mol. The van der Waals surface area contributed by atoms with Crippen molar-refractivity contribution in [3.05, 3.63) is 35.4 Å². The largest absolute Gasteiger partial charge is 0.355 e. The van der Waals surface area contributed by atoms with Gasteiger partial charge in [0, 0.05) is 11.8 Å². The number of aryl methyl sites for hydroxylation is 1. The van der Waals surface area contributed by atoms with Crippen molar-refractivity contribution >= 4 is 27.5 Å². The van der Waals surface area contributed by atoms with E-state index in [1.807, 2.05) is 19.1 Å². The molecular formula is C15H21NO3S2. The molecule has 1 atom stereocenters. The molecule has 4 nitrogen and oxygen atoms in total. The number of nitrogens with one attached hydrogen (secondary N) is 1. The molecule has 1 fully saturated rings. The Labute approximate surface area is 130 Å². The van der Waals surface area contributed by atoms with Gasteiger partial charge in [0.15, 0.2) is 9.84 Å². The first kappa shape index (κ1) is 16.4. The maximum atomic E-state index is 11.7. The predicted octanol–water partition coefficient (Wildman–Crippen LogP) is 1.57. The molecule has 0 spiro atoms. The maximum Gasteiger partial charge on any atom is 0.230 e. The van der Waals surface area contributed by atoms with Gasteiger partial charge in [0.1, 0.15) is 0 Å². The van der Waals surface area contributed by atoms with Crippen LogP contribution in [-0.2, 0) is 21.1 Å². The van der Waals surface area contributed by atoms with Gasteiger partial charge in [-0.1, -0.05) is 29.8 Å². The normalized spacial score (nSPS) is 20.3. The van der Waals surface area contributed by atoms with Crippen molar-refractivity contribution in [1.29, 1.82) is 0 Å². The summed E-state index contributed by atoms with van der Waals surface area (Å²) in [6.45, 7) is 2.67. The number of amides is 1. The molecule has 0 aromatic heterocycles. The molecule has 116 valence electrons. The third-order valence-electron chi connectivity index (χ3n) is 3.46. The molecule has 0 saturated carbocycles. The first-order valence-corrected chi connectivity index (χ1v) is 9.96. The van der Waals surface area contributed by atoms with Crippen LogP contribution in [0.3, 0.4) is 0 Å². The predicted molar refractivity (Wildman–Crippen MR) is 87.4 cm³/mol. The molecule has 0 aliphatic carbocycles. The fourth-order valence-electron chi connectivity index (χ4n) is 2.35. The molecule has 1 heterocycles. The van der Waals surface area contributed by atoms with E-state index in [0.29, 0.717) is 18.7 Å². The highest BCUT2D eigenvalue weighted by molar-refractivity contribution is 8.02. The van der Waals surface area contributed by atoms with Crippen molar-refractivity contribution < 1.29 is 13.2 Å². The molecule has 0 radical (unpaired) electrons. The molecule has 1 aromatic carbocycles. The molecule has 1 N–H and O–H groups in total. The second-order valence-electron chi connectivity index (χ2n) is 5.43. The van der Waals surface area contributed by atoms with Crippen LogP contribution in [0.1, 0.15) is 17.5 Å². The van der Waals surface area contributed by atoms with Gasteiger partial charge in [-0.15, -0.1) is 11.8 Å². The van der Waals surface area contributed by atoms with Crippen molar-refractivity contribution in [2.45, 2.75) is 25.0 Å². The Morgan fingerprint density at radius 2 is 2.24 bits per heavy atom. The van der Waals surface area contributed by atoms with Crippen molar-refractivity contribution in [2.24, 2.45) is 0 Å². The first-order chi connectivity index (χ1) is 9.94. The standard InChI is InChI=1S/C15H21NO3S2/c1-12-3-2-4-13(9-12)5-7-16-15(17)10-20-14-6-8-21(18,19)11-14/h2-4,9,14H,5-8,10-11H2,1H3,(H,16,17)/t14-/m1/s1. The summed E-state index contributed by atoms with van der Waals surface area (Å²) in [5, 5.41) is 2.97. The van der Waals surface area contributed by atoms with Crippen LogP contribution < -0.4 is 5.32 Å². The lowest BCUT2D eigenvalue weighted by Crippen LogP contribution is -2.28. The van der Waals surface area contributed by atoms with E-state index < -0.39 is 9.84 Å². The summed E-state index contributed by atoms with van der Waals surface area (Å²) in [5.41, 5.74) is 2.43. The molecule has 0 unspecified atom stereocenters. The van der Waals surface area contributed by atoms with Crippen LogP contribution >= 0.6 is 11.8 Å². The van der Waals surface area contributed by atoms with Gasteiger partial charge in [-0.3, -0.25) is 4.79 Å². The summed E-state index contributed by atoms with van der Waals surface area (Å²) in [4.78, 5) is 11.7. The van der Waals surface area contributed by atoms with Gasteiger partial charge in [0.25, 0.3) is 0 Å². The Hall–Kier alpha value is -1.01. The first-order valence-electron chi connectivity index (χ1n) is 7.09. The number of carbonyl (C=O) groups is 1. The Morgan fingerprint density at radius 3 is 2.90 bits per heavy atom. The maximum absolute atomic E-state index is 11.7. The molecule has 1 aliphatic heterocycles. The number of hydrogen-bond donors (Lipinski definition) is 1. The fraction of sp³-hybridized carbons (Fsp3) is 0.533. The minimum Gasteiger partial charge on any atom is -0.355 e. The number of carbonyl (C=O) groups excluding carboxylic acids is 1. The van der Waals surface area contributed by atoms with Gasteiger partial charge in [-0.25, -0.2) is 8.42 Å². The Kier molecular flexibility index (Phi) is 5.70. The lowest BCUT2D eigenvalue weighted by atomic mass is 10.1. The highest BCUT2D eigenvalue weighted by atomic mass is 32.2. The quantitative estimate of drug-likeness (QED) is 0.861. The molecule has 2 rings (SSSR count). The van der Waals surface area contributed by atoms with Crippen LogP contribution in [0.15, 0.2) is 24.3 Å². The molecule has 1 aliphatic rings. The minimum atomic E-state index is -2.85. The van der Waals surface area contributed by atoms with Crippen LogP contribution in [0.25, 0.3) is 0 Å². The van der Waals surface area contributed by atoms with Gasteiger partial charge in [0.05, 0.1) is 17.3 Å². The summed E-state index contributed by atoms with van der Waals surface area (Å²) >= 11 is 1.45. The van der Waals surface area contributed by atoms with Crippen LogP contribution in [0, 0.1) is 6.92 Å². The van der Waals surface area contributed by atoms with Crippen LogP contribution in [0.2, 0.25) is 0 Å². The van der Waals surface area contributed by atoms with E-state index in [9.17, 15) is 13.2 Å². The number of hydrogen-bond acceptors (Lipinski definition) is 4. The molecule has 21 heavy (non-hydrogen) atoms. The molecular weight excluding hydrogens is 306 g/mol.